The van der Waals surface area contributed by atoms with Crippen LogP contribution in [0.1, 0.15) is 30.1 Å². The Hall–Kier alpha value is -2.08. The molecule has 3 rings (SSSR count). The lowest BCUT2D eigenvalue weighted by atomic mass is 10.2. The molecule has 1 fully saturated rings. The van der Waals surface area contributed by atoms with E-state index in [4.69, 9.17) is 10.7 Å². The number of primary amides is 1. The van der Waals surface area contributed by atoms with E-state index in [2.05, 4.69) is 21.3 Å². The van der Waals surface area contributed by atoms with Crippen molar-refractivity contribution in [2.45, 2.75) is 19.8 Å². The number of imidazole rings is 1. The van der Waals surface area contributed by atoms with Gasteiger partial charge in [0.05, 0.1) is 11.1 Å². The van der Waals surface area contributed by atoms with E-state index in [0.717, 1.165) is 50.6 Å². The van der Waals surface area contributed by atoms with Crippen LogP contribution in [-0.4, -0.2) is 53.1 Å². The van der Waals surface area contributed by atoms with Crippen molar-refractivity contribution in [3.05, 3.63) is 23.8 Å². The van der Waals surface area contributed by atoms with E-state index in [0.29, 0.717) is 11.1 Å². The number of benzene rings is 1. The Morgan fingerprint density at radius 2 is 2.09 bits per heavy atom. The van der Waals surface area contributed by atoms with Gasteiger partial charge in [-0.3, -0.25) is 4.79 Å². The first kappa shape index (κ1) is 15.8. The molecule has 1 aromatic carbocycles. The van der Waals surface area contributed by atoms with E-state index >= 15 is 0 Å². The lowest BCUT2D eigenvalue weighted by Crippen LogP contribution is -2.32. The number of carbonyl (C=O) groups is 1. The molecule has 0 unspecified atom stereocenters. The average Bonchev–Trinajstić information content (AvgIpc) is 2.72. The van der Waals surface area contributed by atoms with Crippen molar-refractivity contribution in [3.8, 4) is 0 Å². The minimum Gasteiger partial charge on any atom is -0.366 e. The zero-order chi connectivity index (χ0) is 16.4. The molecule has 2 N–H and O–H groups in total. The number of hydrogen-bond donors (Lipinski definition) is 1. The fourth-order valence-corrected chi connectivity index (χ4v) is 3.39. The smallest absolute Gasteiger partial charge is 0.250 e. The van der Waals surface area contributed by atoms with E-state index in [9.17, 15) is 4.79 Å². The highest BCUT2D eigenvalue weighted by Gasteiger charge is 2.21. The van der Waals surface area contributed by atoms with E-state index in [1.54, 1.807) is 6.07 Å². The van der Waals surface area contributed by atoms with Gasteiger partial charge in [0, 0.05) is 26.7 Å². The lowest BCUT2D eigenvalue weighted by Gasteiger charge is -2.22. The molecule has 0 atom stereocenters. The van der Waals surface area contributed by atoms with Gasteiger partial charge < -0.3 is 20.1 Å². The van der Waals surface area contributed by atoms with Crippen LogP contribution in [0.5, 0.6) is 0 Å². The van der Waals surface area contributed by atoms with Crippen LogP contribution in [0.3, 0.4) is 0 Å². The SMILES string of the molecule is CCCN1CCCN(c2nc3c(C(N)=O)cccc3n2C)CC1. The Bertz CT molecular complexity index is 708. The maximum Gasteiger partial charge on any atom is 0.250 e. The number of aryl methyl sites for hydroxylation is 1. The molecule has 2 heterocycles. The second kappa shape index (κ2) is 6.58. The maximum absolute atomic E-state index is 11.6. The standard InChI is InChI=1S/C17H25N5O/c1-3-8-21-9-5-10-22(12-11-21)17-19-15-13(16(18)23)6-4-7-14(15)20(17)2/h4,6-7H,3,5,8-12H2,1-2H3,(H2,18,23). The van der Waals surface area contributed by atoms with Gasteiger partial charge in [-0.05, 0) is 38.1 Å². The van der Waals surface area contributed by atoms with Crippen molar-refractivity contribution in [1.29, 1.82) is 0 Å². The number of fused-ring (bicyclic) bond motifs is 1. The normalized spacial score (nSPS) is 16.7. The summed E-state index contributed by atoms with van der Waals surface area (Å²) in [4.78, 5) is 21.2. The molecule has 2 aromatic rings. The second-order valence-corrected chi connectivity index (χ2v) is 6.19. The van der Waals surface area contributed by atoms with Gasteiger partial charge >= 0.3 is 0 Å². The molecular formula is C17H25N5O. The third kappa shape index (κ3) is 3.03. The molecule has 0 aliphatic carbocycles. The zero-order valence-corrected chi connectivity index (χ0v) is 14.0. The van der Waals surface area contributed by atoms with E-state index in [1.807, 2.05) is 19.2 Å². The monoisotopic (exact) mass is 315 g/mol. The number of amides is 1. The van der Waals surface area contributed by atoms with Crippen LogP contribution in [0.25, 0.3) is 11.0 Å². The fourth-order valence-electron chi connectivity index (χ4n) is 3.39. The summed E-state index contributed by atoms with van der Waals surface area (Å²) < 4.78 is 2.07. The van der Waals surface area contributed by atoms with E-state index in [-0.39, 0.29) is 0 Å². The van der Waals surface area contributed by atoms with Crippen molar-refractivity contribution >= 4 is 22.9 Å². The van der Waals surface area contributed by atoms with Crippen molar-refractivity contribution in [3.63, 3.8) is 0 Å². The summed E-state index contributed by atoms with van der Waals surface area (Å²) in [6, 6.07) is 5.59. The molecule has 1 aliphatic heterocycles. The average molecular weight is 315 g/mol. The van der Waals surface area contributed by atoms with Gasteiger partial charge in [-0.15, -0.1) is 0 Å². The molecule has 1 amide bonds. The van der Waals surface area contributed by atoms with Gasteiger partial charge in [0.15, 0.2) is 0 Å². The highest BCUT2D eigenvalue weighted by atomic mass is 16.1. The first-order valence-electron chi connectivity index (χ1n) is 8.34. The molecule has 0 spiro atoms. The highest BCUT2D eigenvalue weighted by molar-refractivity contribution is 6.04. The van der Waals surface area contributed by atoms with Crippen molar-refractivity contribution in [1.82, 2.24) is 14.5 Å². The van der Waals surface area contributed by atoms with Gasteiger partial charge in [0.2, 0.25) is 5.95 Å². The molecule has 1 aromatic heterocycles. The van der Waals surface area contributed by atoms with Crippen LogP contribution in [-0.2, 0) is 7.05 Å². The van der Waals surface area contributed by atoms with Crippen molar-refractivity contribution in [2.75, 3.05) is 37.6 Å². The Labute approximate surface area is 136 Å². The number of rotatable bonds is 4. The minimum absolute atomic E-state index is 0.426. The number of hydrogen-bond acceptors (Lipinski definition) is 4. The maximum atomic E-state index is 11.6. The molecule has 0 saturated carbocycles. The van der Waals surface area contributed by atoms with E-state index < -0.39 is 5.91 Å². The van der Waals surface area contributed by atoms with E-state index in [1.165, 1.54) is 6.42 Å². The molecule has 6 nitrogen and oxygen atoms in total. The molecule has 124 valence electrons. The number of para-hydroxylation sites is 1. The first-order valence-corrected chi connectivity index (χ1v) is 8.34. The van der Waals surface area contributed by atoms with Gasteiger partial charge in [-0.25, -0.2) is 4.98 Å². The fraction of sp³-hybridized carbons (Fsp3) is 0.529. The first-order chi connectivity index (χ1) is 11.1. The van der Waals surface area contributed by atoms with Crippen LogP contribution >= 0.6 is 0 Å². The van der Waals surface area contributed by atoms with Crippen LogP contribution in [0.4, 0.5) is 5.95 Å². The quantitative estimate of drug-likeness (QED) is 0.930. The molecular weight excluding hydrogens is 290 g/mol. The third-order valence-electron chi connectivity index (χ3n) is 4.56. The van der Waals surface area contributed by atoms with Crippen molar-refractivity contribution in [2.24, 2.45) is 12.8 Å². The van der Waals surface area contributed by atoms with Crippen molar-refractivity contribution < 1.29 is 4.79 Å². The summed E-state index contributed by atoms with van der Waals surface area (Å²) in [6.45, 7) is 7.52. The molecule has 1 saturated heterocycles. The molecule has 23 heavy (non-hydrogen) atoms. The Balaban J connectivity index is 1.92. The van der Waals surface area contributed by atoms with Gasteiger partial charge in [0.1, 0.15) is 5.52 Å². The minimum atomic E-state index is -0.426. The van der Waals surface area contributed by atoms with Crippen LogP contribution in [0, 0.1) is 0 Å². The number of carbonyl (C=O) groups excluding carboxylic acids is 1. The third-order valence-corrected chi connectivity index (χ3v) is 4.56. The molecule has 1 aliphatic rings. The molecule has 0 radical (unpaired) electrons. The predicted octanol–water partition coefficient (Wildman–Crippen LogP) is 1.59. The van der Waals surface area contributed by atoms with Crippen LogP contribution < -0.4 is 10.6 Å². The van der Waals surface area contributed by atoms with Gasteiger partial charge in [-0.1, -0.05) is 13.0 Å². The summed E-state index contributed by atoms with van der Waals surface area (Å²) >= 11 is 0. The number of anilines is 1. The summed E-state index contributed by atoms with van der Waals surface area (Å²) in [6.07, 6.45) is 2.32. The van der Waals surface area contributed by atoms with Crippen LogP contribution in [0.2, 0.25) is 0 Å². The number of aromatic nitrogens is 2. The molecule has 0 bridgehead atoms. The zero-order valence-electron chi connectivity index (χ0n) is 14.0. The number of nitrogens with two attached hydrogens (primary N) is 1. The van der Waals surface area contributed by atoms with Gasteiger partial charge in [-0.2, -0.15) is 0 Å². The summed E-state index contributed by atoms with van der Waals surface area (Å²) in [5.74, 6) is 0.497. The molecule has 6 heteroatoms. The second-order valence-electron chi connectivity index (χ2n) is 6.19. The Morgan fingerprint density at radius 1 is 1.26 bits per heavy atom. The predicted molar refractivity (Wildman–Crippen MR) is 92.8 cm³/mol. The highest BCUT2D eigenvalue weighted by Crippen LogP contribution is 2.24. The Morgan fingerprint density at radius 3 is 2.83 bits per heavy atom. The largest absolute Gasteiger partial charge is 0.366 e. The lowest BCUT2D eigenvalue weighted by molar-refractivity contribution is 0.100. The van der Waals surface area contributed by atoms with Crippen LogP contribution in [0.15, 0.2) is 18.2 Å². The summed E-state index contributed by atoms with van der Waals surface area (Å²) in [5.41, 5.74) is 7.63. The summed E-state index contributed by atoms with van der Waals surface area (Å²) in [7, 11) is 2.00. The summed E-state index contributed by atoms with van der Waals surface area (Å²) in [5, 5.41) is 0. The number of nitrogens with zero attached hydrogens (tertiary/aromatic N) is 4. The Kier molecular flexibility index (Phi) is 4.52. The van der Waals surface area contributed by atoms with Gasteiger partial charge in [0.25, 0.3) is 5.91 Å². The topological polar surface area (TPSA) is 67.4 Å².